The molecule has 0 spiro atoms. The highest BCUT2D eigenvalue weighted by atomic mass is 16.5. The quantitative estimate of drug-likeness (QED) is 0.802. The van der Waals surface area contributed by atoms with Crippen LogP contribution in [-0.2, 0) is 9.53 Å². The molecule has 2 aliphatic rings. The maximum Gasteiger partial charge on any atom is 0.236 e. The molecule has 3 heterocycles. The van der Waals surface area contributed by atoms with E-state index in [2.05, 4.69) is 10.00 Å². The largest absolute Gasteiger partial charge is 0.372 e. The molecule has 1 aromatic rings. The van der Waals surface area contributed by atoms with E-state index in [0.29, 0.717) is 25.7 Å². The van der Waals surface area contributed by atoms with Gasteiger partial charge in [-0.05, 0) is 19.9 Å². The third-order valence-corrected chi connectivity index (χ3v) is 3.97. The highest BCUT2D eigenvalue weighted by molar-refractivity contribution is 5.78. The number of aromatic nitrogens is 2. The van der Waals surface area contributed by atoms with Gasteiger partial charge in [-0.25, -0.2) is 0 Å². The standard InChI is InChI=1S/C14H22N4O2/c1-11-6-17(7-12(2)20-11)14(19)10-16-8-13(9-16)18-5-3-4-15-18/h3-5,11-13H,6-10H2,1-2H3/t11-,12-/m0/s1. The fourth-order valence-corrected chi connectivity index (χ4v) is 3.01. The summed E-state index contributed by atoms with van der Waals surface area (Å²) in [4.78, 5) is 16.4. The van der Waals surface area contributed by atoms with Gasteiger partial charge in [-0.1, -0.05) is 0 Å². The molecule has 20 heavy (non-hydrogen) atoms. The smallest absolute Gasteiger partial charge is 0.236 e. The summed E-state index contributed by atoms with van der Waals surface area (Å²) in [5.41, 5.74) is 0. The first-order chi connectivity index (χ1) is 9.61. The van der Waals surface area contributed by atoms with Gasteiger partial charge in [0.25, 0.3) is 0 Å². The number of amides is 1. The summed E-state index contributed by atoms with van der Waals surface area (Å²) in [6, 6.07) is 2.35. The van der Waals surface area contributed by atoms with Crippen molar-refractivity contribution in [1.82, 2.24) is 19.6 Å². The summed E-state index contributed by atoms with van der Waals surface area (Å²) in [5.74, 6) is 0.214. The molecule has 0 unspecified atom stereocenters. The van der Waals surface area contributed by atoms with Crippen LogP contribution in [0.25, 0.3) is 0 Å². The van der Waals surface area contributed by atoms with Crippen LogP contribution in [0.3, 0.4) is 0 Å². The maximum absolute atomic E-state index is 12.3. The van der Waals surface area contributed by atoms with Crippen LogP contribution in [0.4, 0.5) is 0 Å². The third-order valence-electron chi connectivity index (χ3n) is 3.97. The summed E-state index contributed by atoms with van der Waals surface area (Å²) in [5, 5.41) is 4.24. The van der Waals surface area contributed by atoms with E-state index < -0.39 is 0 Å². The van der Waals surface area contributed by atoms with Crippen LogP contribution < -0.4 is 0 Å². The van der Waals surface area contributed by atoms with E-state index in [9.17, 15) is 4.79 Å². The normalized spacial score (nSPS) is 28.4. The van der Waals surface area contributed by atoms with Gasteiger partial charge in [0, 0.05) is 38.6 Å². The number of hydrogen-bond acceptors (Lipinski definition) is 4. The summed E-state index contributed by atoms with van der Waals surface area (Å²) in [6.07, 6.45) is 4.05. The predicted molar refractivity (Wildman–Crippen MR) is 74.3 cm³/mol. The number of hydrogen-bond donors (Lipinski definition) is 0. The Morgan fingerprint density at radius 3 is 2.55 bits per heavy atom. The molecule has 0 aromatic carbocycles. The van der Waals surface area contributed by atoms with Gasteiger partial charge < -0.3 is 9.64 Å². The molecule has 0 bridgehead atoms. The highest BCUT2D eigenvalue weighted by Gasteiger charge is 2.32. The number of nitrogens with zero attached hydrogens (tertiary/aromatic N) is 4. The SMILES string of the molecule is C[C@H]1CN(C(=O)CN2CC(n3cccn3)C2)C[C@H](C)O1. The average Bonchev–Trinajstić information content (AvgIpc) is 2.85. The molecule has 2 aliphatic heterocycles. The van der Waals surface area contributed by atoms with E-state index in [1.54, 1.807) is 6.20 Å². The Morgan fingerprint density at radius 1 is 1.25 bits per heavy atom. The second-order valence-electron chi connectivity index (χ2n) is 5.89. The Labute approximate surface area is 119 Å². The van der Waals surface area contributed by atoms with Crippen molar-refractivity contribution in [3.8, 4) is 0 Å². The van der Waals surface area contributed by atoms with Crippen molar-refractivity contribution < 1.29 is 9.53 Å². The van der Waals surface area contributed by atoms with Crippen molar-refractivity contribution >= 4 is 5.91 Å². The van der Waals surface area contributed by atoms with E-state index in [1.165, 1.54) is 0 Å². The molecular formula is C14H22N4O2. The molecule has 0 saturated carbocycles. The Kier molecular flexibility index (Phi) is 3.76. The first-order valence-corrected chi connectivity index (χ1v) is 7.26. The molecule has 1 amide bonds. The van der Waals surface area contributed by atoms with Gasteiger partial charge in [-0.3, -0.25) is 14.4 Å². The molecule has 110 valence electrons. The van der Waals surface area contributed by atoms with E-state index in [-0.39, 0.29) is 18.1 Å². The van der Waals surface area contributed by atoms with Crippen LogP contribution in [0.2, 0.25) is 0 Å². The van der Waals surface area contributed by atoms with Crippen LogP contribution in [0.5, 0.6) is 0 Å². The Hall–Kier alpha value is -1.40. The minimum Gasteiger partial charge on any atom is -0.372 e. The number of ether oxygens (including phenoxy) is 1. The van der Waals surface area contributed by atoms with Crippen molar-refractivity contribution in [3.05, 3.63) is 18.5 Å². The molecule has 0 aliphatic carbocycles. The van der Waals surface area contributed by atoms with Crippen LogP contribution in [0.1, 0.15) is 19.9 Å². The molecule has 1 aromatic heterocycles. The molecule has 2 saturated heterocycles. The first-order valence-electron chi connectivity index (χ1n) is 7.26. The molecule has 0 radical (unpaired) electrons. The number of carbonyl (C=O) groups is 1. The lowest BCUT2D eigenvalue weighted by atomic mass is 10.1. The van der Waals surface area contributed by atoms with Gasteiger partial charge in [0.2, 0.25) is 5.91 Å². The fraction of sp³-hybridized carbons (Fsp3) is 0.714. The van der Waals surface area contributed by atoms with Gasteiger partial charge in [-0.15, -0.1) is 0 Å². The summed E-state index contributed by atoms with van der Waals surface area (Å²) < 4.78 is 7.63. The minimum absolute atomic E-state index is 0.135. The van der Waals surface area contributed by atoms with Crippen LogP contribution in [0.15, 0.2) is 18.5 Å². The van der Waals surface area contributed by atoms with Crippen LogP contribution in [-0.4, -0.2) is 70.4 Å². The number of carbonyl (C=O) groups excluding carboxylic acids is 1. The predicted octanol–water partition coefficient (Wildman–Crippen LogP) is 0.376. The molecule has 3 rings (SSSR count). The van der Waals surface area contributed by atoms with Gasteiger partial charge in [0.05, 0.1) is 24.8 Å². The number of morpholine rings is 1. The molecule has 0 N–H and O–H groups in total. The zero-order valence-electron chi connectivity index (χ0n) is 12.1. The van der Waals surface area contributed by atoms with Crippen LogP contribution in [0, 0.1) is 0 Å². The molecule has 2 atom stereocenters. The Morgan fingerprint density at radius 2 is 1.95 bits per heavy atom. The second-order valence-corrected chi connectivity index (χ2v) is 5.89. The summed E-state index contributed by atoms with van der Waals surface area (Å²) in [7, 11) is 0. The summed E-state index contributed by atoms with van der Waals surface area (Å²) >= 11 is 0. The van der Waals surface area contributed by atoms with Gasteiger partial charge >= 0.3 is 0 Å². The van der Waals surface area contributed by atoms with Crippen molar-refractivity contribution in [1.29, 1.82) is 0 Å². The van der Waals surface area contributed by atoms with Crippen LogP contribution >= 0.6 is 0 Å². The lowest BCUT2D eigenvalue weighted by molar-refractivity contribution is -0.145. The maximum atomic E-state index is 12.3. The van der Waals surface area contributed by atoms with E-state index in [0.717, 1.165) is 13.1 Å². The molecule has 2 fully saturated rings. The molecular weight excluding hydrogens is 256 g/mol. The topological polar surface area (TPSA) is 50.6 Å². The van der Waals surface area contributed by atoms with Gasteiger partial charge in [0.1, 0.15) is 0 Å². The third kappa shape index (κ3) is 2.86. The summed E-state index contributed by atoms with van der Waals surface area (Å²) in [6.45, 7) is 7.78. The number of likely N-dealkylation sites (tertiary alicyclic amines) is 1. The molecule has 6 heteroatoms. The zero-order chi connectivity index (χ0) is 14.1. The van der Waals surface area contributed by atoms with E-state index in [1.807, 2.05) is 35.7 Å². The minimum atomic E-state index is 0.135. The lowest BCUT2D eigenvalue weighted by Gasteiger charge is -2.41. The van der Waals surface area contributed by atoms with Crippen molar-refractivity contribution in [3.63, 3.8) is 0 Å². The zero-order valence-corrected chi connectivity index (χ0v) is 12.1. The monoisotopic (exact) mass is 278 g/mol. The van der Waals surface area contributed by atoms with Crippen molar-refractivity contribution in [2.45, 2.75) is 32.1 Å². The van der Waals surface area contributed by atoms with Gasteiger partial charge in [-0.2, -0.15) is 5.10 Å². The average molecular weight is 278 g/mol. The van der Waals surface area contributed by atoms with E-state index in [4.69, 9.17) is 4.74 Å². The second kappa shape index (κ2) is 5.54. The Bertz CT molecular complexity index is 446. The highest BCUT2D eigenvalue weighted by Crippen LogP contribution is 2.20. The first kappa shape index (κ1) is 13.6. The number of rotatable bonds is 3. The lowest BCUT2D eigenvalue weighted by Crippen LogP contribution is -2.55. The van der Waals surface area contributed by atoms with Gasteiger partial charge in [0.15, 0.2) is 0 Å². The van der Waals surface area contributed by atoms with Crippen molar-refractivity contribution in [2.75, 3.05) is 32.7 Å². The van der Waals surface area contributed by atoms with E-state index >= 15 is 0 Å². The Balaban J connectivity index is 1.46. The van der Waals surface area contributed by atoms with Crippen molar-refractivity contribution in [2.24, 2.45) is 0 Å². The fourth-order valence-electron chi connectivity index (χ4n) is 3.01. The molecule has 6 nitrogen and oxygen atoms in total.